The molecule has 0 unspecified atom stereocenters. The van der Waals surface area contributed by atoms with Gasteiger partial charge in [0.1, 0.15) is 18.1 Å². The van der Waals surface area contributed by atoms with Crippen molar-refractivity contribution in [3.05, 3.63) is 99.7 Å². The van der Waals surface area contributed by atoms with Crippen LogP contribution in [0, 0.1) is 5.92 Å². The standard InChI is InChI=1S/C30H26Cl2N2O4/c1-17(2)29(35)22(28(33)27-23(31)6-4-7-24(27)32)16-38-21-13-12-18-14-20(11-10-19(18)15-21)25-8-5-9-26(34-25)30(36)37-3/h4-15,17H,16,33H2,1-3H3/b28-22-. The molecule has 194 valence electrons. The van der Waals surface area contributed by atoms with Crippen molar-refractivity contribution in [1.82, 2.24) is 4.98 Å². The Balaban J connectivity index is 1.62. The molecular formula is C30H26Cl2N2O4. The zero-order chi connectivity index (χ0) is 27.4. The Labute approximate surface area is 231 Å². The van der Waals surface area contributed by atoms with E-state index in [9.17, 15) is 9.59 Å². The summed E-state index contributed by atoms with van der Waals surface area (Å²) in [4.78, 5) is 29.3. The van der Waals surface area contributed by atoms with Gasteiger partial charge in [-0.3, -0.25) is 4.79 Å². The molecule has 0 aliphatic heterocycles. The van der Waals surface area contributed by atoms with Crippen LogP contribution in [0.25, 0.3) is 27.7 Å². The molecule has 0 saturated carbocycles. The van der Waals surface area contributed by atoms with Crippen LogP contribution in [-0.2, 0) is 9.53 Å². The number of methoxy groups -OCH3 is 1. The lowest BCUT2D eigenvalue weighted by molar-refractivity contribution is -0.118. The van der Waals surface area contributed by atoms with Gasteiger partial charge < -0.3 is 15.2 Å². The number of nitrogens with two attached hydrogens (primary N) is 1. The van der Waals surface area contributed by atoms with E-state index in [2.05, 4.69) is 4.98 Å². The molecule has 4 rings (SSSR count). The molecule has 6 nitrogen and oxygen atoms in total. The number of ether oxygens (including phenoxy) is 2. The highest BCUT2D eigenvalue weighted by Gasteiger charge is 2.22. The molecule has 0 spiro atoms. The summed E-state index contributed by atoms with van der Waals surface area (Å²) in [5.74, 6) is -0.361. The van der Waals surface area contributed by atoms with Gasteiger partial charge in [-0.05, 0) is 53.2 Å². The van der Waals surface area contributed by atoms with Crippen molar-refractivity contribution in [2.24, 2.45) is 11.7 Å². The summed E-state index contributed by atoms with van der Waals surface area (Å²) in [6, 6.07) is 21.7. The number of rotatable bonds is 8. The minimum Gasteiger partial charge on any atom is -0.489 e. The predicted octanol–water partition coefficient (Wildman–Crippen LogP) is 6.97. The molecule has 1 heterocycles. The van der Waals surface area contributed by atoms with Gasteiger partial charge in [0.05, 0.1) is 34.1 Å². The zero-order valence-electron chi connectivity index (χ0n) is 21.1. The van der Waals surface area contributed by atoms with Crippen LogP contribution in [0.3, 0.4) is 0 Å². The first-order valence-corrected chi connectivity index (χ1v) is 12.6. The van der Waals surface area contributed by atoms with Gasteiger partial charge in [-0.25, -0.2) is 9.78 Å². The van der Waals surface area contributed by atoms with Crippen molar-refractivity contribution in [3.8, 4) is 17.0 Å². The first-order valence-electron chi connectivity index (χ1n) is 11.9. The second-order valence-corrected chi connectivity index (χ2v) is 9.73. The Morgan fingerprint density at radius 2 is 1.58 bits per heavy atom. The monoisotopic (exact) mass is 548 g/mol. The molecule has 0 aliphatic carbocycles. The lowest BCUT2D eigenvalue weighted by atomic mass is 9.97. The number of pyridine rings is 1. The fourth-order valence-electron chi connectivity index (χ4n) is 3.98. The lowest BCUT2D eigenvalue weighted by Gasteiger charge is -2.16. The Morgan fingerprint density at radius 3 is 2.26 bits per heavy atom. The van der Waals surface area contributed by atoms with Crippen LogP contribution < -0.4 is 10.5 Å². The molecule has 3 aromatic carbocycles. The predicted molar refractivity (Wildman–Crippen MR) is 151 cm³/mol. The van der Waals surface area contributed by atoms with Crippen LogP contribution in [0.4, 0.5) is 0 Å². The molecule has 0 saturated heterocycles. The molecule has 0 amide bonds. The van der Waals surface area contributed by atoms with E-state index < -0.39 is 5.97 Å². The summed E-state index contributed by atoms with van der Waals surface area (Å²) in [6.07, 6.45) is 0. The van der Waals surface area contributed by atoms with Crippen molar-refractivity contribution < 1.29 is 19.1 Å². The van der Waals surface area contributed by atoms with Gasteiger partial charge >= 0.3 is 5.97 Å². The number of aromatic nitrogens is 1. The number of nitrogens with zero attached hydrogens (tertiary/aromatic N) is 1. The summed E-state index contributed by atoms with van der Waals surface area (Å²) < 4.78 is 10.8. The Hall–Kier alpha value is -3.87. The first-order chi connectivity index (χ1) is 18.2. The van der Waals surface area contributed by atoms with Crippen LogP contribution in [0.15, 0.2) is 78.4 Å². The second-order valence-electron chi connectivity index (χ2n) is 8.92. The summed E-state index contributed by atoms with van der Waals surface area (Å²) in [5.41, 5.74) is 9.10. The van der Waals surface area contributed by atoms with Crippen molar-refractivity contribution >= 4 is 51.4 Å². The van der Waals surface area contributed by atoms with E-state index in [4.69, 9.17) is 38.4 Å². The van der Waals surface area contributed by atoms with Crippen LogP contribution in [0.1, 0.15) is 29.9 Å². The average Bonchev–Trinajstić information content (AvgIpc) is 2.92. The Morgan fingerprint density at radius 1 is 0.921 bits per heavy atom. The van der Waals surface area contributed by atoms with Crippen LogP contribution in [0.2, 0.25) is 10.0 Å². The van der Waals surface area contributed by atoms with E-state index in [1.807, 2.05) is 42.5 Å². The van der Waals surface area contributed by atoms with Crippen LogP contribution in [0.5, 0.6) is 5.75 Å². The van der Waals surface area contributed by atoms with Crippen molar-refractivity contribution in [3.63, 3.8) is 0 Å². The molecule has 0 radical (unpaired) electrons. The fraction of sp³-hybridized carbons (Fsp3) is 0.167. The number of benzene rings is 3. The fourth-order valence-corrected chi connectivity index (χ4v) is 4.58. The van der Waals surface area contributed by atoms with E-state index in [0.717, 1.165) is 16.3 Å². The average molecular weight is 549 g/mol. The summed E-state index contributed by atoms with van der Waals surface area (Å²) in [6.45, 7) is 3.55. The molecule has 0 fully saturated rings. The highest BCUT2D eigenvalue weighted by Crippen LogP contribution is 2.32. The molecule has 8 heteroatoms. The quantitative estimate of drug-likeness (QED) is 0.189. The van der Waals surface area contributed by atoms with Gasteiger partial charge in [-0.15, -0.1) is 0 Å². The molecular weight excluding hydrogens is 523 g/mol. The van der Waals surface area contributed by atoms with Gasteiger partial charge in [-0.2, -0.15) is 0 Å². The molecule has 1 aromatic heterocycles. The number of carbonyl (C=O) groups excluding carboxylic acids is 2. The third kappa shape index (κ3) is 5.82. The first kappa shape index (κ1) is 27.2. The molecule has 38 heavy (non-hydrogen) atoms. The largest absolute Gasteiger partial charge is 0.489 e. The maximum Gasteiger partial charge on any atom is 0.356 e. The summed E-state index contributed by atoms with van der Waals surface area (Å²) in [7, 11) is 1.32. The number of halogens is 2. The maximum absolute atomic E-state index is 13.0. The number of carbonyl (C=O) groups is 2. The summed E-state index contributed by atoms with van der Waals surface area (Å²) >= 11 is 12.7. The highest BCUT2D eigenvalue weighted by molar-refractivity contribution is 6.37. The molecule has 0 aliphatic rings. The number of ketones is 1. The Kier molecular flexibility index (Phi) is 8.35. The third-order valence-electron chi connectivity index (χ3n) is 6.01. The zero-order valence-corrected chi connectivity index (χ0v) is 22.6. The Bertz CT molecular complexity index is 1540. The maximum atomic E-state index is 13.0. The third-order valence-corrected chi connectivity index (χ3v) is 6.64. The smallest absolute Gasteiger partial charge is 0.356 e. The van der Waals surface area contributed by atoms with Crippen LogP contribution in [-0.4, -0.2) is 30.5 Å². The molecule has 0 bridgehead atoms. The topological polar surface area (TPSA) is 91.5 Å². The number of Topliss-reactive ketones (excluding diaryl/α,β-unsaturated/α-hetero) is 1. The highest BCUT2D eigenvalue weighted by atomic mass is 35.5. The van der Waals surface area contributed by atoms with E-state index in [1.54, 1.807) is 44.2 Å². The lowest BCUT2D eigenvalue weighted by Crippen LogP contribution is -2.21. The number of hydrogen-bond acceptors (Lipinski definition) is 6. The SMILES string of the molecule is COC(=O)c1cccc(-c2ccc3cc(OC/C(C(=O)C(C)C)=C(/N)c4c(Cl)cccc4Cl)ccc3c2)n1. The van der Waals surface area contributed by atoms with E-state index in [-0.39, 0.29) is 29.7 Å². The van der Waals surface area contributed by atoms with Crippen molar-refractivity contribution in [1.29, 1.82) is 0 Å². The van der Waals surface area contributed by atoms with Gasteiger partial charge in [0.2, 0.25) is 0 Å². The van der Waals surface area contributed by atoms with Gasteiger partial charge in [0, 0.05) is 17.0 Å². The minimum absolute atomic E-state index is 0.0434. The van der Waals surface area contributed by atoms with Gasteiger partial charge in [0.15, 0.2) is 5.78 Å². The normalized spacial score (nSPS) is 11.8. The van der Waals surface area contributed by atoms with Crippen LogP contribution >= 0.6 is 23.2 Å². The molecule has 4 aromatic rings. The minimum atomic E-state index is -0.490. The molecule has 0 atom stereocenters. The molecule has 2 N–H and O–H groups in total. The number of fused-ring (bicyclic) bond motifs is 1. The van der Waals surface area contributed by atoms with E-state index >= 15 is 0 Å². The van der Waals surface area contributed by atoms with Crippen molar-refractivity contribution in [2.45, 2.75) is 13.8 Å². The van der Waals surface area contributed by atoms with Gasteiger partial charge in [-0.1, -0.05) is 67.4 Å². The number of esters is 1. The van der Waals surface area contributed by atoms with E-state index in [0.29, 0.717) is 32.6 Å². The van der Waals surface area contributed by atoms with Crippen molar-refractivity contribution in [2.75, 3.05) is 13.7 Å². The second kappa shape index (κ2) is 11.7. The van der Waals surface area contributed by atoms with Gasteiger partial charge in [0.25, 0.3) is 0 Å². The summed E-state index contributed by atoms with van der Waals surface area (Å²) in [5, 5.41) is 2.60. The number of hydrogen-bond donors (Lipinski definition) is 1. The van der Waals surface area contributed by atoms with E-state index in [1.165, 1.54) is 7.11 Å².